The van der Waals surface area contributed by atoms with Crippen LogP contribution in [-0.4, -0.2) is 222 Å². The van der Waals surface area contributed by atoms with Gasteiger partial charge in [-0.3, -0.25) is 39.6 Å². The van der Waals surface area contributed by atoms with Crippen LogP contribution >= 0.6 is 0 Å². The molecule has 0 radical (unpaired) electrons. The monoisotopic (exact) mass is 1720 g/mol. The maximum Gasteiger partial charge on any atom is 0.254 e. The van der Waals surface area contributed by atoms with Gasteiger partial charge in [0.25, 0.3) is 23.6 Å². The lowest BCUT2D eigenvalue weighted by atomic mass is 9.89. The number of amides is 4. The molecule has 8 aromatic carbocycles. The van der Waals surface area contributed by atoms with Gasteiger partial charge in [-0.25, -0.2) is 0 Å². The SMILES string of the molecule is CCOc1ccc(C2CN(C(=O)c3ccc(C)c(-c4[nH]nc(OCCO)c4C)c3)C2)cc1.CCc1ccc(C(=O)N2CC(c3ccc(C)cc3)C2)cc1-c1[nH]nc(OCCO)c1C.Cc1ccc(C(=O)N2CC(c3ccc(OC(C)C)cc3)C2)cc1-c1[nH]nc(OCCO)c1C.Cc1ccc(C2CN(C(=O)c3cc(-c4[nH]nc(OCCO)c4C)c(C)cc3C)C2)cc1. The molecule has 127 heavy (non-hydrogen) atoms. The molecular formula is C101H118N12O14. The molecule has 0 bridgehead atoms. The van der Waals surface area contributed by atoms with E-state index in [1.54, 1.807) is 0 Å². The summed E-state index contributed by atoms with van der Waals surface area (Å²) >= 11 is 0. The zero-order valence-electron chi connectivity index (χ0n) is 75.2. The number of nitrogens with zero attached hydrogens (tertiary/aromatic N) is 8. The Hall–Kier alpha value is -12.9. The number of carbonyl (C=O) groups excluding carboxylic acids is 4. The quantitative estimate of drug-likeness (QED) is 0.0216. The molecule has 12 aromatic rings. The van der Waals surface area contributed by atoms with Crippen molar-refractivity contribution >= 4 is 23.6 Å². The number of nitrogens with one attached hydrogen (secondary N) is 4. The number of aromatic nitrogens is 8. The van der Waals surface area contributed by atoms with Crippen molar-refractivity contribution in [3.05, 3.63) is 269 Å². The number of ether oxygens (including phenoxy) is 6. The van der Waals surface area contributed by atoms with E-state index in [1.165, 1.54) is 33.4 Å². The summed E-state index contributed by atoms with van der Waals surface area (Å²) in [4.78, 5) is 60.2. The van der Waals surface area contributed by atoms with Crippen LogP contribution in [0.5, 0.6) is 35.0 Å². The minimum atomic E-state index is -0.0721. The van der Waals surface area contributed by atoms with Crippen LogP contribution in [0.4, 0.5) is 0 Å². The fraction of sp³-hybridized carbons (Fsp3) is 0.366. The zero-order chi connectivity index (χ0) is 90.3. The predicted molar refractivity (Wildman–Crippen MR) is 490 cm³/mol. The second kappa shape index (κ2) is 41.9. The number of aryl methyl sites for hydroxylation is 7. The second-order valence-electron chi connectivity index (χ2n) is 33.4. The highest BCUT2D eigenvalue weighted by Gasteiger charge is 2.38. The molecular weight excluding hydrogens is 1610 g/mol. The molecule has 4 aromatic heterocycles. The molecule has 0 spiro atoms. The highest BCUT2D eigenvalue weighted by molar-refractivity contribution is 5.99. The number of aliphatic hydroxyl groups is 4. The van der Waals surface area contributed by atoms with Crippen molar-refractivity contribution in [2.24, 2.45) is 0 Å². The van der Waals surface area contributed by atoms with Gasteiger partial charge in [-0.1, -0.05) is 115 Å². The molecule has 8 N–H and O–H groups in total. The van der Waals surface area contributed by atoms with Gasteiger partial charge in [0.2, 0.25) is 23.5 Å². The number of aromatic amines is 4. The number of benzene rings is 8. The third kappa shape index (κ3) is 21.5. The Balaban J connectivity index is 0.000000145. The lowest BCUT2D eigenvalue weighted by molar-refractivity contribution is 0.0595. The van der Waals surface area contributed by atoms with Gasteiger partial charge in [0.15, 0.2) is 0 Å². The highest BCUT2D eigenvalue weighted by Crippen LogP contribution is 2.40. The third-order valence-electron chi connectivity index (χ3n) is 23.9. The molecule has 4 aliphatic rings. The first kappa shape index (κ1) is 91.8. The van der Waals surface area contributed by atoms with Crippen LogP contribution in [0, 0.1) is 69.2 Å². The Kier molecular flexibility index (Phi) is 30.3. The van der Waals surface area contributed by atoms with Crippen LogP contribution in [0.2, 0.25) is 0 Å². The number of aliphatic hydroxyl groups excluding tert-OH is 4. The lowest BCUT2D eigenvalue weighted by Gasteiger charge is -2.40. The van der Waals surface area contributed by atoms with Crippen molar-refractivity contribution in [1.29, 1.82) is 0 Å². The van der Waals surface area contributed by atoms with Crippen molar-refractivity contribution in [1.82, 2.24) is 60.4 Å². The highest BCUT2D eigenvalue weighted by atomic mass is 16.5. The van der Waals surface area contributed by atoms with Crippen LogP contribution < -0.4 is 28.4 Å². The number of H-pyrrole nitrogens is 4. The Morgan fingerprint density at radius 2 is 0.661 bits per heavy atom. The predicted octanol–water partition coefficient (Wildman–Crippen LogP) is 15.6. The first-order chi connectivity index (χ1) is 61.3. The standard InChI is InChI=1S/C26H31N3O4.C25H29N3O4.2C25H29N3O3/c1-16(2)33-22-9-7-19(8-10-22)21-14-29(15-21)26(31)20-6-5-17(3)23(13-20)24-18(4)25(28-27-24)32-12-11-30;1-4-31-21-9-7-18(8-10-21)20-14-28(15-20)25(30)19-6-5-16(2)22(13-19)23-17(3)24(27-26-23)32-12-11-29;1-15-5-7-19(8-6-15)20-13-28(14-20)25(30)22-12-21(16(2)11-17(22)3)23-18(4)24(27-26-23)31-10-9-29;1-4-18-9-10-20(13-22(18)23-17(3)24(27-26-23)31-12-11-29)25(30)28-14-21(15-28)19-7-5-16(2)6-8-19/h5-10,13,16,21,30H,11-12,14-15H2,1-4H3,(H,27,28);5-10,13,20,29H,4,11-12,14-15H2,1-3H3,(H,26,27);5-8,11-12,20,29H,9-10,13-14H2,1-4H3,(H,26,27);5-10,13,21,29H,4,11-12,14-15H2,1-3H3,(H,26,27). The van der Waals surface area contributed by atoms with Gasteiger partial charge in [0.05, 0.1) is 61.9 Å². The summed E-state index contributed by atoms with van der Waals surface area (Å²) in [7, 11) is 0. The summed E-state index contributed by atoms with van der Waals surface area (Å²) in [6.45, 7) is 34.9. The van der Waals surface area contributed by atoms with E-state index in [9.17, 15) is 19.2 Å². The van der Waals surface area contributed by atoms with E-state index in [-0.39, 0.29) is 82.6 Å². The van der Waals surface area contributed by atoms with Crippen LogP contribution in [0.1, 0.15) is 176 Å². The Bertz CT molecular complexity index is 5770. The number of likely N-dealkylation sites (tertiary alicyclic amines) is 4. The molecule has 0 unspecified atom stereocenters. The molecule has 666 valence electrons. The van der Waals surface area contributed by atoms with Crippen molar-refractivity contribution in [2.45, 2.75) is 133 Å². The molecule has 8 heterocycles. The van der Waals surface area contributed by atoms with Gasteiger partial charge in [0, 0.05) is 143 Å². The van der Waals surface area contributed by atoms with Gasteiger partial charge in [-0.05, 0) is 213 Å². The summed E-state index contributed by atoms with van der Waals surface area (Å²) < 4.78 is 33.1. The van der Waals surface area contributed by atoms with Crippen molar-refractivity contribution < 1.29 is 68.0 Å². The summed E-state index contributed by atoms with van der Waals surface area (Å²) in [5, 5.41) is 65.0. The largest absolute Gasteiger partial charge is 0.494 e. The molecule has 0 atom stereocenters. The lowest BCUT2D eigenvalue weighted by Crippen LogP contribution is -2.48. The maximum absolute atomic E-state index is 13.3. The molecule has 0 saturated carbocycles. The first-order valence-corrected chi connectivity index (χ1v) is 43.7. The van der Waals surface area contributed by atoms with E-state index in [0.29, 0.717) is 96.7 Å². The number of hydrogen-bond acceptors (Lipinski definition) is 18. The summed E-state index contributed by atoms with van der Waals surface area (Å²) in [5.41, 5.74) is 26.0. The third-order valence-corrected chi connectivity index (χ3v) is 23.9. The smallest absolute Gasteiger partial charge is 0.254 e. The molecule has 16 rings (SSSR count). The normalized spacial score (nSPS) is 13.8. The van der Waals surface area contributed by atoms with Gasteiger partial charge in [-0.2, -0.15) is 0 Å². The topological polar surface area (TPSA) is 332 Å². The number of hydrogen-bond donors (Lipinski definition) is 8. The fourth-order valence-corrected chi connectivity index (χ4v) is 16.3. The van der Waals surface area contributed by atoms with E-state index in [1.807, 2.05) is 187 Å². The number of carbonyl (C=O) groups is 4. The van der Waals surface area contributed by atoms with Crippen LogP contribution in [0.15, 0.2) is 164 Å². The second-order valence-corrected chi connectivity index (χ2v) is 33.4. The summed E-state index contributed by atoms with van der Waals surface area (Å²) in [6, 6.07) is 54.9. The number of rotatable bonds is 29. The zero-order valence-corrected chi connectivity index (χ0v) is 75.2. The molecule has 0 aliphatic carbocycles. The van der Waals surface area contributed by atoms with Gasteiger partial charge < -0.3 is 68.4 Å². The molecule has 4 amide bonds. The Morgan fingerprint density at radius 3 is 0.992 bits per heavy atom. The molecule has 26 nitrogen and oxygen atoms in total. The van der Waals surface area contributed by atoms with Crippen molar-refractivity contribution in [3.63, 3.8) is 0 Å². The fourth-order valence-electron chi connectivity index (χ4n) is 16.3. The van der Waals surface area contributed by atoms with Crippen LogP contribution in [0.3, 0.4) is 0 Å². The van der Waals surface area contributed by atoms with Crippen molar-refractivity contribution in [3.8, 4) is 80.0 Å². The maximum atomic E-state index is 13.3. The van der Waals surface area contributed by atoms with Gasteiger partial charge in [0.1, 0.15) is 37.9 Å². The van der Waals surface area contributed by atoms with E-state index in [4.69, 9.17) is 48.8 Å². The van der Waals surface area contributed by atoms with Gasteiger partial charge >= 0.3 is 0 Å². The summed E-state index contributed by atoms with van der Waals surface area (Å²) in [6.07, 6.45) is 0.992. The summed E-state index contributed by atoms with van der Waals surface area (Å²) in [5.74, 6) is 5.29. The average molecular weight is 1720 g/mol. The molecule has 4 aliphatic heterocycles. The van der Waals surface area contributed by atoms with Crippen LogP contribution in [-0.2, 0) is 6.42 Å². The minimum absolute atomic E-state index is 0.0289. The minimum Gasteiger partial charge on any atom is -0.494 e. The van der Waals surface area contributed by atoms with E-state index < -0.39 is 0 Å². The molecule has 4 fully saturated rings. The molecule has 4 saturated heterocycles. The van der Waals surface area contributed by atoms with Gasteiger partial charge in [-0.15, -0.1) is 20.4 Å². The van der Waals surface area contributed by atoms with Crippen LogP contribution in [0.25, 0.3) is 45.0 Å². The van der Waals surface area contributed by atoms with Crippen molar-refractivity contribution in [2.75, 3.05) is 112 Å². The first-order valence-electron chi connectivity index (χ1n) is 43.7. The Morgan fingerprint density at radius 1 is 0.354 bits per heavy atom. The molecule has 26 heteroatoms. The Labute approximate surface area is 742 Å². The van der Waals surface area contributed by atoms with E-state index in [2.05, 4.69) is 134 Å². The van der Waals surface area contributed by atoms with E-state index >= 15 is 0 Å². The van der Waals surface area contributed by atoms with E-state index in [0.717, 1.165) is 145 Å². The average Bonchev–Trinajstić information content (AvgIpc) is 1.49.